The molecule has 1 amide bonds. The third kappa shape index (κ3) is 2.32. The molecule has 0 bridgehead atoms. The van der Waals surface area contributed by atoms with E-state index in [1.54, 1.807) is 7.05 Å². The van der Waals surface area contributed by atoms with Crippen LogP contribution in [-0.4, -0.2) is 49.6 Å². The van der Waals surface area contributed by atoms with Crippen LogP contribution in [0.1, 0.15) is 26.7 Å². The Labute approximate surface area is 92.4 Å². The highest BCUT2D eigenvalue weighted by Crippen LogP contribution is 2.20. The summed E-state index contributed by atoms with van der Waals surface area (Å²) in [6, 6.07) is 0.227. The van der Waals surface area contributed by atoms with Crippen LogP contribution in [0.5, 0.6) is 0 Å². The van der Waals surface area contributed by atoms with Crippen LogP contribution in [0.15, 0.2) is 0 Å². The quantitative estimate of drug-likeness (QED) is 0.701. The smallest absolute Gasteiger partial charge is 0.241 e. The zero-order valence-corrected chi connectivity index (χ0v) is 10.3. The van der Waals surface area contributed by atoms with E-state index in [1.165, 1.54) is 12.8 Å². The van der Waals surface area contributed by atoms with Crippen molar-refractivity contribution in [2.24, 2.45) is 0 Å². The molecule has 0 aromatic carbocycles. The minimum atomic E-state index is -0.501. The molecule has 2 unspecified atom stereocenters. The molecule has 1 saturated heterocycles. The standard InChI is InChI=1S/C11H23N3O/c1-9(14-7-5-6-8-14)11(2,13-4)10(15)12-3/h9,13H,5-8H2,1-4H3,(H,12,15). The highest BCUT2D eigenvalue weighted by Gasteiger charge is 2.40. The first-order valence-electron chi connectivity index (χ1n) is 5.71. The minimum absolute atomic E-state index is 0.0596. The molecular formula is C11H23N3O. The monoisotopic (exact) mass is 213 g/mol. The van der Waals surface area contributed by atoms with Crippen molar-refractivity contribution in [1.82, 2.24) is 15.5 Å². The number of carbonyl (C=O) groups excluding carboxylic acids is 1. The maximum absolute atomic E-state index is 11.9. The van der Waals surface area contributed by atoms with Crippen LogP contribution in [0.4, 0.5) is 0 Å². The zero-order valence-electron chi connectivity index (χ0n) is 10.3. The first-order chi connectivity index (χ1) is 7.06. The maximum Gasteiger partial charge on any atom is 0.241 e. The summed E-state index contributed by atoms with van der Waals surface area (Å²) >= 11 is 0. The zero-order chi connectivity index (χ0) is 11.5. The molecule has 0 radical (unpaired) electrons. The second kappa shape index (κ2) is 4.94. The van der Waals surface area contributed by atoms with E-state index in [2.05, 4.69) is 22.5 Å². The van der Waals surface area contributed by atoms with E-state index in [9.17, 15) is 4.79 Å². The number of likely N-dealkylation sites (tertiary alicyclic amines) is 1. The molecule has 1 fully saturated rings. The van der Waals surface area contributed by atoms with Gasteiger partial charge < -0.3 is 10.6 Å². The van der Waals surface area contributed by atoms with Gasteiger partial charge in [-0.15, -0.1) is 0 Å². The Hall–Kier alpha value is -0.610. The lowest BCUT2D eigenvalue weighted by atomic mass is 9.91. The third-order valence-electron chi connectivity index (χ3n) is 3.74. The van der Waals surface area contributed by atoms with Gasteiger partial charge in [-0.1, -0.05) is 0 Å². The number of nitrogens with zero attached hydrogens (tertiary/aromatic N) is 1. The summed E-state index contributed by atoms with van der Waals surface area (Å²) in [5.74, 6) is 0.0596. The van der Waals surface area contributed by atoms with Crippen LogP contribution >= 0.6 is 0 Å². The molecule has 0 aromatic rings. The van der Waals surface area contributed by atoms with Gasteiger partial charge in [-0.25, -0.2) is 0 Å². The Kier molecular flexibility index (Phi) is 4.11. The minimum Gasteiger partial charge on any atom is -0.358 e. The average Bonchev–Trinajstić information content (AvgIpc) is 2.79. The molecule has 0 aliphatic carbocycles. The van der Waals surface area contributed by atoms with Crippen molar-refractivity contribution in [1.29, 1.82) is 0 Å². The summed E-state index contributed by atoms with van der Waals surface area (Å²) < 4.78 is 0. The van der Waals surface area contributed by atoms with Gasteiger partial charge in [-0.3, -0.25) is 9.69 Å². The van der Waals surface area contributed by atoms with E-state index in [0.717, 1.165) is 13.1 Å². The van der Waals surface area contributed by atoms with Crippen molar-refractivity contribution < 1.29 is 4.79 Å². The van der Waals surface area contributed by atoms with Crippen LogP contribution in [0.3, 0.4) is 0 Å². The van der Waals surface area contributed by atoms with Crippen LogP contribution < -0.4 is 10.6 Å². The molecule has 1 heterocycles. The van der Waals surface area contributed by atoms with Crippen molar-refractivity contribution in [3.63, 3.8) is 0 Å². The highest BCUT2D eigenvalue weighted by molar-refractivity contribution is 5.86. The molecule has 0 aromatic heterocycles. The lowest BCUT2D eigenvalue weighted by Crippen LogP contribution is -2.63. The highest BCUT2D eigenvalue weighted by atomic mass is 16.2. The van der Waals surface area contributed by atoms with Crippen LogP contribution in [-0.2, 0) is 4.79 Å². The lowest BCUT2D eigenvalue weighted by Gasteiger charge is -2.38. The fourth-order valence-corrected chi connectivity index (χ4v) is 2.27. The number of rotatable bonds is 4. The van der Waals surface area contributed by atoms with Gasteiger partial charge in [0.2, 0.25) is 5.91 Å². The second-order valence-corrected chi connectivity index (χ2v) is 4.45. The molecule has 88 valence electrons. The Bertz CT molecular complexity index is 226. The molecule has 4 heteroatoms. The summed E-state index contributed by atoms with van der Waals surface area (Å²) in [5, 5.41) is 5.88. The topological polar surface area (TPSA) is 44.4 Å². The van der Waals surface area contributed by atoms with Gasteiger partial charge in [0.15, 0.2) is 0 Å². The normalized spacial score (nSPS) is 23.5. The second-order valence-electron chi connectivity index (χ2n) is 4.45. The summed E-state index contributed by atoms with van der Waals surface area (Å²) in [5.41, 5.74) is -0.501. The van der Waals surface area contributed by atoms with Gasteiger partial charge in [-0.2, -0.15) is 0 Å². The molecule has 2 N–H and O–H groups in total. The van der Waals surface area contributed by atoms with Crippen molar-refractivity contribution in [3.05, 3.63) is 0 Å². The predicted molar refractivity (Wildman–Crippen MR) is 61.8 cm³/mol. The van der Waals surface area contributed by atoms with Gasteiger partial charge in [-0.05, 0) is 46.8 Å². The lowest BCUT2D eigenvalue weighted by molar-refractivity contribution is -0.128. The van der Waals surface area contributed by atoms with E-state index < -0.39 is 5.54 Å². The third-order valence-corrected chi connectivity index (χ3v) is 3.74. The fraction of sp³-hybridized carbons (Fsp3) is 0.909. The van der Waals surface area contributed by atoms with Gasteiger partial charge in [0, 0.05) is 13.1 Å². The first-order valence-corrected chi connectivity index (χ1v) is 5.71. The predicted octanol–water partition coefficient (Wildman–Crippen LogP) is 0.195. The van der Waals surface area contributed by atoms with Crippen molar-refractivity contribution in [3.8, 4) is 0 Å². The Morgan fingerprint density at radius 3 is 2.27 bits per heavy atom. The molecule has 0 saturated carbocycles. The number of hydrogen-bond donors (Lipinski definition) is 2. The molecule has 15 heavy (non-hydrogen) atoms. The van der Waals surface area contributed by atoms with Gasteiger partial charge in [0.1, 0.15) is 5.54 Å². The van der Waals surface area contributed by atoms with Gasteiger partial charge in [0.25, 0.3) is 0 Å². The molecular weight excluding hydrogens is 190 g/mol. The molecule has 0 spiro atoms. The van der Waals surface area contributed by atoms with E-state index >= 15 is 0 Å². The largest absolute Gasteiger partial charge is 0.358 e. The number of carbonyl (C=O) groups is 1. The summed E-state index contributed by atoms with van der Waals surface area (Å²) in [7, 11) is 3.54. The Morgan fingerprint density at radius 2 is 1.87 bits per heavy atom. The van der Waals surface area contributed by atoms with Crippen molar-refractivity contribution >= 4 is 5.91 Å². The van der Waals surface area contributed by atoms with E-state index in [-0.39, 0.29) is 11.9 Å². The molecule has 1 rings (SSSR count). The van der Waals surface area contributed by atoms with E-state index in [4.69, 9.17) is 0 Å². The van der Waals surface area contributed by atoms with Gasteiger partial charge in [0.05, 0.1) is 0 Å². The maximum atomic E-state index is 11.9. The number of hydrogen-bond acceptors (Lipinski definition) is 3. The summed E-state index contributed by atoms with van der Waals surface area (Å²) in [6.07, 6.45) is 2.50. The SMILES string of the molecule is CNC(=O)C(C)(NC)C(C)N1CCCC1. The number of likely N-dealkylation sites (N-methyl/N-ethyl adjacent to an activating group) is 2. The fourth-order valence-electron chi connectivity index (χ4n) is 2.27. The van der Waals surface area contributed by atoms with Crippen molar-refractivity contribution in [2.45, 2.75) is 38.3 Å². The Morgan fingerprint density at radius 1 is 1.33 bits per heavy atom. The molecule has 2 atom stereocenters. The van der Waals surface area contributed by atoms with Crippen LogP contribution in [0, 0.1) is 0 Å². The average molecular weight is 213 g/mol. The van der Waals surface area contributed by atoms with E-state index in [1.807, 2.05) is 14.0 Å². The first kappa shape index (κ1) is 12.5. The molecule has 1 aliphatic rings. The molecule has 4 nitrogen and oxygen atoms in total. The summed E-state index contributed by atoms with van der Waals surface area (Å²) in [4.78, 5) is 14.2. The van der Waals surface area contributed by atoms with Gasteiger partial charge >= 0.3 is 0 Å². The van der Waals surface area contributed by atoms with Crippen LogP contribution in [0.2, 0.25) is 0 Å². The number of amides is 1. The number of nitrogens with one attached hydrogen (secondary N) is 2. The summed E-state index contributed by atoms with van der Waals surface area (Å²) in [6.45, 7) is 6.30. The van der Waals surface area contributed by atoms with Crippen LogP contribution in [0.25, 0.3) is 0 Å². The Balaban J connectivity index is 2.75. The van der Waals surface area contributed by atoms with Crippen molar-refractivity contribution in [2.75, 3.05) is 27.2 Å². The van der Waals surface area contributed by atoms with E-state index in [0.29, 0.717) is 0 Å². The molecule has 1 aliphatic heterocycles.